The molecule has 0 aromatic heterocycles. The van der Waals surface area contributed by atoms with Gasteiger partial charge in [0.15, 0.2) is 6.29 Å². The monoisotopic (exact) mass is 850 g/mol. The van der Waals surface area contributed by atoms with E-state index in [4.69, 9.17) is 9.47 Å². The average molecular weight is 850 g/mol. The van der Waals surface area contributed by atoms with Gasteiger partial charge in [0.05, 0.1) is 25.4 Å². The van der Waals surface area contributed by atoms with Gasteiger partial charge in [0.1, 0.15) is 30.5 Å². The van der Waals surface area contributed by atoms with Gasteiger partial charge in [0.2, 0.25) is 5.91 Å². The van der Waals surface area contributed by atoms with Gasteiger partial charge in [-0.05, 0) is 44.9 Å². The van der Waals surface area contributed by atoms with Gasteiger partial charge in [-0.15, -0.1) is 0 Å². The average Bonchev–Trinajstić information content (AvgIpc) is 3.19. The number of carbonyl (C=O) groups excluding carboxylic acids is 1. The van der Waals surface area contributed by atoms with Crippen molar-refractivity contribution < 1.29 is 57.0 Å². The molecule has 7 N–H and O–H groups in total. The Morgan fingerprint density at radius 1 is 0.690 bits per heavy atom. The van der Waals surface area contributed by atoms with Crippen molar-refractivity contribution in [2.75, 3.05) is 13.2 Å². The highest BCUT2D eigenvalue weighted by Gasteiger charge is 2.48. The van der Waals surface area contributed by atoms with Gasteiger partial charge in [-0.1, -0.05) is 167 Å². The Labute approximate surface area is 351 Å². The van der Waals surface area contributed by atoms with Crippen LogP contribution in [0, 0.1) is 0 Å². The maximum absolute atomic E-state index is 13.1. The molecule has 0 aliphatic carbocycles. The second-order valence-corrected chi connectivity index (χ2v) is 17.2. The Bertz CT molecular complexity index is 1160. The van der Waals surface area contributed by atoms with Gasteiger partial charge in [-0.3, -0.25) is 9.35 Å². The lowest BCUT2D eigenvalue weighted by molar-refractivity contribution is -0.298. The molecular formula is C44H83NO12S. The molecule has 58 heavy (non-hydrogen) atoms. The molecular weight excluding hydrogens is 767 g/mol. The van der Waals surface area contributed by atoms with Crippen molar-refractivity contribution in [2.45, 2.75) is 236 Å². The summed E-state index contributed by atoms with van der Waals surface area (Å²) < 4.78 is 47.5. The molecule has 14 heteroatoms. The second-order valence-electron chi connectivity index (χ2n) is 16.1. The van der Waals surface area contributed by atoms with Crippen LogP contribution in [0.4, 0.5) is 0 Å². The van der Waals surface area contributed by atoms with Gasteiger partial charge >= 0.3 is 10.4 Å². The van der Waals surface area contributed by atoms with Crippen LogP contribution >= 0.6 is 0 Å². The molecule has 0 bridgehead atoms. The molecule has 0 aromatic carbocycles. The molecule has 0 spiro atoms. The summed E-state index contributed by atoms with van der Waals surface area (Å²) >= 11 is 0. The SMILES string of the molecule is CCCCCC/C=C\CCCCCCCCC(O)C(=O)NC(COC1OC(CO)C(O)C(OS(=O)(=O)O)C1O)C(O)/C=C/CCCCCCCCCCCCCCC. The molecule has 0 saturated carbocycles. The highest BCUT2D eigenvalue weighted by Crippen LogP contribution is 2.26. The van der Waals surface area contributed by atoms with Gasteiger partial charge in [0.25, 0.3) is 0 Å². The van der Waals surface area contributed by atoms with Crippen LogP contribution in [0.3, 0.4) is 0 Å². The van der Waals surface area contributed by atoms with Crippen molar-refractivity contribution in [2.24, 2.45) is 0 Å². The van der Waals surface area contributed by atoms with Crippen LogP contribution in [0.25, 0.3) is 0 Å². The molecule has 1 heterocycles. The Kier molecular flexibility index (Phi) is 33.1. The zero-order chi connectivity index (χ0) is 42.9. The van der Waals surface area contributed by atoms with Crippen molar-refractivity contribution in [1.29, 1.82) is 0 Å². The summed E-state index contributed by atoms with van der Waals surface area (Å²) in [5, 5.41) is 55.1. The predicted octanol–water partition coefficient (Wildman–Crippen LogP) is 7.52. The predicted molar refractivity (Wildman–Crippen MR) is 228 cm³/mol. The normalized spacial score (nSPS) is 21.8. The van der Waals surface area contributed by atoms with Crippen molar-refractivity contribution in [3.8, 4) is 0 Å². The number of unbranched alkanes of at least 4 members (excludes halogenated alkanes) is 23. The van der Waals surface area contributed by atoms with Gasteiger partial charge in [0, 0.05) is 0 Å². The second kappa shape index (κ2) is 35.2. The van der Waals surface area contributed by atoms with E-state index >= 15 is 0 Å². The van der Waals surface area contributed by atoms with Crippen molar-refractivity contribution >= 4 is 16.3 Å². The number of ether oxygens (including phenoxy) is 2. The first-order valence-electron chi connectivity index (χ1n) is 22.8. The smallest absolute Gasteiger partial charge is 0.394 e. The van der Waals surface area contributed by atoms with Crippen LogP contribution < -0.4 is 5.32 Å². The van der Waals surface area contributed by atoms with E-state index < -0.39 is 78.5 Å². The van der Waals surface area contributed by atoms with Crippen LogP contribution in [-0.2, 0) is 28.9 Å². The van der Waals surface area contributed by atoms with Gasteiger partial charge in [-0.2, -0.15) is 8.42 Å². The Morgan fingerprint density at radius 2 is 1.14 bits per heavy atom. The third kappa shape index (κ3) is 27.4. The van der Waals surface area contributed by atoms with E-state index in [-0.39, 0.29) is 6.42 Å². The molecule has 1 rings (SSSR count). The van der Waals surface area contributed by atoms with Crippen LogP contribution in [0.15, 0.2) is 24.3 Å². The summed E-state index contributed by atoms with van der Waals surface area (Å²) in [5.41, 5.74) is 0. The highest BCUT2D eigenvalue weighted by molar-refractivity contribution is 7.80. The lowest BCUT2D eigenvalue weighted by Crippen LogP contribution is -2.61. The van der Waals surface area contributed by atoms with Crippen LogP contribution in [0.5, 0.6) is 0 Å². The quantitative estimate of drug-likeness (QED) is 0.0183. The lowest BCUT2D eigenvalue weighted by atomic mass is 9.99. The zero-order valence-corrected chi connectivity index (χ0v) is 36.8. The minimum absolute atomic E-state index is 0.236. The summed E-state index contributed by atoms with van der Waals surface area (Å²) in [5.74, 6) is -0.708. The number of carbonyl (C=O) groups is 1. The van der Waals surface area contributed by atoms with E-state index in [2.05, 4.69) is 35.5 Å². The first-order valence-corrected chi connectivity index (χ1v) is 24.2. The standard InChI is InChI=1S/C44H83NO12S/c1-3-5-7-9-11-13-15-17-19-21-22-24-26-28-30-32-37(47)36(35-55-44-41(50)42(57-58(52,53)54)40(49)39(34-46)56-44)45-43(51)38(48)33-31-29-27-25-23-20-18-16-14-12-10-8-6-4-2/h14,16,30,32,36-42,44,46-50H,3-13,15,17-29,31,33-35H2,1-2H3,(H,45,51)(H,52,53,54)/b16-14-,32-30+. The van der Waals surface area contributed by atoms with E-state index in [1.54, 1.807) is 0 Å². The summed E-state index contributed by atoms with van der Waals surface area (Å²) in [4.78, 5) is 13.1. The molecule has 1 aliphatic rings. The van der Waals surface area contributed by atoms with Crippen molar-refractivity contribution in [1.82, 2.24) is 5.32 Å². The number of hydrogen-bond acceptors (Lipinski definition) is 11. The lowest BCUT2D eigenvalue weighted by Gasteiger charge is -2.41. The molecule has 1 fully saturated rings. The number of hydrogen-bond donors (Lipinski definition) is 7. The molecule has 1 amide bonds. The van der Waals surface area contributed by atoms with E-state index in [1.807, 2.05) is 6.08 Å². The first-order chi connectivity index (χ1) is 27.9. The van der Waals surface area contributed by atoms with E-state index in [9.17, 15) is 43.3 Å². The molecule has 342 valence electrons. The first kappa shape index (κ1) is 54.6. The fourth-order valence-corrected chi connectivity index (χ4v) is 7.67. The number of aliphatic hydroxyl groups excluding tert-OH is 5. The summed E-state index contributed by atoms with van der Waals surface area (Å²) in [6.07, 6.45) is 26.8. The van der Waals surface area contributed by atoms with E-state index in [0.717, 1.165) is 64.2 Å². The Hall–Kier alpha value is -1.46. The molecule has 0 aromatic rings. The highest BCUT2D eigenvalue weighted by atomic mass is 32.3. The summed E-state index contributed by atoms with van der Waals surface area (Å²) in [7, 11) is -5.12. The maximum atomic E-state index is 13.1. The van der Waals surface area contributed by atoms with Crippen LogP contribution in [0.2, 0.25) is 0 Å². The minimum atomic E-state index is -5.12. The summed E-state index contributed by atoms with van der Waals surface area (Å²) in [6, 6.07) is -1.12. The Balaban J connectivity index is 2.62. The van der Waals surface area contributed by atoms with Gasteiger partial charge in [-0.25, -0.2) is 4.18 Å². The number of allylic oxidation sites excluding steroid dienone is 3. The molecule has 0 radical (unpaired) electrons. The number of nitrogens with one attached hydrogen (secondary N) is 1. The maximum Gasteiger partial charge on any atom is 0.397 e. The third-order valence-corrected chi connectivity index (χ3v) is 11.3. The minimum Gasteiger partial charge on any atom is -0.394 e. The van der Waals surface area contributed by atoms with Crippen LogP contribution in [0.1, 0.15) is 187 Å². The molecule has 1 saturated heterocycles. The fraction of sp³-hybridized carbons (Fsp3) is 0.886. The topological polar surface area (TPSA) is 212 Å². The number of aliphatic hydroxyl groups is 5. The number of amides is 1. The zero-order valence-electron chi connectivity index (χ0n) is 36.0. The van der Waals surface area contributed by atoms with Crippen molar-refractivity contribution in [3.63, 3.8) is 0 Å². The van der Waals surface area contributed by atoms with Crippen molar-refractivity contribution in [3.05, 3.63) is 24.3 Å². The molecule has 13 nitrogen and oxygen atoms in total. The number of rotatable bonds is 38. The largest absolute Gasteiger partial charge is 0.397 e. The van der Waals surface area contributed by atoms with Crippen LogP contribution in [-0.4, -0.2) is 107 Å². The molecule has 8 unspecified atom stereocenters. The third-order valence-electron chi connectivity index (χ3n) is 10.8. The van der Waals surface area contributed by atoms with E-state index in [0.29, 0.717) is 12.8 Å². The van der Waals surface area contributed by atoms with E-state index in [1.165, 1.54) is 96.0 Å². The molecule has 8 atom stereocenters. The fourth-order valence-electron chi connectivity index (χ4n) is 7.16. The summed E-state index contributed by atoms with van der Waals surface area (Å²) in [6.45, 7) is 3.19. The molecule has 1 aliphatic heterocycles. The Morgan fingerprint density at radius 3 is 1.62 bits per heavy atom. The van der Waals surface area contributed by atoms with Gasteiger partial charge < -0.3 is 40.3 Å².